The highest BCUT2D eigenvalue weighted by Gasteiger charge is 2.30. The van der Waals surface area contributed by atoms with E-state index in [0.717, 1.165) is 24.1 Å². The third-order valence-electron chi connectivity index (χ3n) is 4.41. The Labute approximate surface area is 152 Å². The van der Waals surface area contributed by atoms with Gasteiger partial charge < -0.3 is 5.32 Å². The third-order valence-corrected chi connectivity index (χ3v) is 6.29. The topological polar surface area (TPSA) is 66.5 Å². The van der Waals surface area contributed by atoms with E-state index in [-0.39, 0.29) is 29.8 Å². The molecule has 1 saturated heterocycles. The Morgan fingerprint density at radius 1 is 1.12 bits per heavy atom. The lowest BCUT2D eigenvalue weighted by Gasteiger charge is -2.32. The fourth-order valence-electron chi connectivity index (χ4n) is 3.09. The molecule has 2 aromatic rings. The molecule has 1 heterocycles. The first-order valence-electron chi connectivity index (χ1n) is 8.54. The van der Waals surface area contributed by atoms with Gasteiger partial charge in [0.25, 0.3) is 0 Å². The van der Waals surface area contributed by atoms with Crippen LogP contribution in [0.25, 0.3) is 0 Å². The van der Waals surface area contributed by atoms with E-state index in [1.165, 1.54) is 16.4 Å². The van der Waals surface area contributed by atoms with E-state index in [1.54, 1.807) is 0 Å². The predicted molar refractivity (Wildman–Crippen MR) is 96.5 cm³/mol. The van der Waals surface area contributed by atoms with Crippen molar-refractivity contribution in [3.8, 4) is 0 Å². The Kier molecular flexibility index (Phi) is 5.68. The lowest BCUT2D eigenvalue weighted by atomic mass is 10.1. The number of carbonyl (C=O) groups is 1. The summed E-state index contributed by atoms with van der Waals surface area (Å²) in [6.45, 7) is 0.616. The van der Waals surface area contributed by atoms with Crippen molar-refractivity contribution >= 4 is 15.9 Å². The summed E-state index contributed by atoms with van der Waals surface area (Å²) in [7, 11) is -3.69. The van der Waals surface area contributed by atoms with Crippen LogP contribution >= 0.6 is 0 Å². The van der Waals surface area contributed by atoms with Gasteiger partial charge in [0.05, 0.1) is 11.3 Å². The first-order valence-corrected chi connectivity index (χ1v) is 9.98. The second kappa shape index (κ2) is 7.97. The van der Waals surface area contributed by atoms with Crippen molar-refractivity contribution in [3.05, 3.63) is 66.0 Å². The van der Waals surface area contributed by atoms with Crippen LogP contribution in [-0.2, 0) is 21.2 Å². The van der Waals surface area contributed by atoms with Crippen molar-refractivity contribution in [3.63, 3.8) is 0 Å². The van der Waals surface area contributed by atoms with Crippen molar-refractivity contribution in [2.45, 2.75) is 30.2 Å². The van der Waals surface area contributed by atoms with Crippen molar-refractivity contribution in [1.29, 1.82) is 0 Å². The average Bonchev–Trinajstić information content (AvgIpc) is 2.63. The van der Waals surface area contributed by atoms with Crippen LogP contribution in [0.3, 0.4) is 0 Å². The fourth-order valence-corrected chi connectivity index (χ4v) is 4.62. The number of sulfonamides is 1. The molecule has 26 heavy (non-hydrogen) atoms. The molecule has 0 spiro atoms. The molecule has 5 nitrogen and oxygen atoms in total. The maximum absolute atomic E-state index is 13.0. The second-order valence-electron chi connectivity index (χ2n) is 6.39. The minimum absolute atomic E-state index is 0.0650. The highest BCUT2D eigenvalue weighted by atomic mass is 32.2. The molecule has 1 fully saturated rings. The van der Waals surface area contributed by atoms with Crippen LogP contribution in [0.15, 0.2) is 59.5 Å². The quantitative estimate of drug-likeness (QED) is 0.871. The summed E-state index contributed by atoms with van der Waals surface area (Å²) in [5, 5.41) is 2.92. The molecule has 1 atom stereocenters. The first-order chi connectivity index (χ1) is 12.4. The first kappa shape index (κ1) is 18.5. The monoisotopic (exact) mass is 376 g/mol. The SMILES string of the molecule is O=C(Cc1ccccc1)NC1CCCN(S(=O)(=O)c2ccc(F)cc2)C1. The Morgan fingerprint density at radius 2 is 1.81 bits per heavy atom. The van der Waals surface area contributed by atoms with E-state index in [1.807, 2.05) is 30.3 Å². The van der Waals surface area contributed by atoms with Crippen LogP contribution in [0.2, 0.25) is 0 Å². The summed E-state index contributed by atoms with van der Waals surface area (Å²) in [5.74, 6) is -0.601. The van der Waals surface area contributed by atoms with Crippen LogP contribution in [0, 0.1) is 5.82 Å². The highest BCUT2D eigenvalue weighted by Crippen LogP contribution is 2.21. The van der Waals surface area contributed by atoms with Crippen molar-refractivity contribution < 1.29 is 17.6 Å². The molecule has 0 radical (unpaired) electrons. The van der Waals surface area contributed by atoms with Crippen molar-refractivity contribution in [2.24, 2.45) is 0 Å². The zero-order valence-corrected chi connectivity index (χ0v) is 15.1. The number of piperidine rings is 1. The number of carbonyl (C=O) groups excluding carboxylic acids is 1. The fraction of sp³-hybridized carbons (Fsp3) is 0.316. The molecule has 7 heteroatoms. The number of amides is 1. The molecule has 1 aliphatic heterocycles. The number of hydrogen-bond donors (Lipinski definition) is 1. The Morgan fingerprint density at radius 3 is 2.50 bits per heavy atom. The van der Waals surface area contributed by atoms with Crippen LogP contribution < -0.4 is 5.32 Å². The number of hydrogen-bond acceptors (Lipinski definition) is 3. The largest absolute Gasteiger partial charge is 0.352 e. The molecule has 0 saturated carbocycles. The number of nitrogens with one attached hydrogen (secondary N) is 1. The molecule has 0 aromatic heterocycles. The Hall–Kier alpha value is -2.25. The standard InChI is InChI=1S/C19H21FN2O3S/c20-16-8-10-18(11-9-16)26(24,25)22-12-4-7-17(14-22)21-19(23)13-15-5-2-1-3-6-15/h1-3,5-6,8-11,17H,4,7,12-14H2,(H,21,23). The Bertz CT molecular complexity index is 854. The van der Waals surface area contributed by atoms with Gasteiger partial charge in [0.1, 0.15) is 5.82 Å². The molecule has 3 rings (SSSR count). The third kappa shape index (κ3) is 4.47. The minimum Gasteiger partial charge on any atom is -0.352 e. The van der Waals surface area contributed by atoms with Crippen LogP contribution in [0.4, 0.5) is 4.39 Å². The summed E-state index contributed by atoms with van der Waals surface area (Å²) in [5.41, 5.74) is 0.914. The van der Waals surface area contributed by atoms with Gasteiger partial charge in [0.15, 0.2) is 0 Å². The summed E-state index contributed by atoms with van der Waals surface area (Å²) in [6, 6.07) is 14.0. The van der Waals surface area contributed by atoms with Gasteiger partial charge in [0.2, 0.25) is 15.9 Å². The maximum atomic E-state index is 13.0. The minimum atomic E-state index is -3.69. The molecule has 0 bridgehead atoms. The molecule has 1 unspecified atom stereocenters. The van der Waals surface area contributed by atoms with Gasteiger partial charge >= 0.3 is 0 Å². The van der Waals surface area contributed by atoms with E-state index >= 15 is 0 Å². The van der Waals surface area contributed by atoms with Crippen molar-refractivity contribution in [1.82, 2.24) is 9.62 Å². The Balaban J connectivity index is 1.63. The van der Waals surface area contributed by atoms with E-state index in [0.29, 0.717) is 13.0 Å². The summed E-state index contributed by atoms with van der Waals surface area (Å²) in [4.78, 5) is 12.3. The average molecular weight is 376 g/mol. The molecule has 1 aliphatic rings. The van der Waals surface area contributed by atoms with Gasteiger partial charge in [-0.2, -0.15) is 4.31 Å². The summed E-state index contributed by atoms with van der Waals surface area (Å²) in [6.07, 6.45) is 1.66. The van der Waals surface area contributed by atoms with Crippen LogP contribution in [0.1, 0.15) is 18.4 Å². The van der Waals surface area contributed by atoms with E-state index in [4.69, 9.17) is 0 Å². The van der Waals surface area contributed by atoms with Gasteiger partial charge in [-0.3, -0.25) is 4.79 Å². The molecule has 0 aliphatic carbocycles. The smallest absolute Gasteiger partial charge is 0.243 e. The van der Waals surface area contributed by atoms with Gasteiger partial charge in [-0.15, -0.1) is 0 Å². The highest BCUT2D eigenvalue weighted by molar-refractivity contribution is 7.89. The molecule has 1 amide bonds. The number of rotatable bonds is 5. The number of benzene rings is 2. The zero-order chi connectivity index (χ0) is 18.6. The van der Waals surface area contributed by atoms with E-state index < -0.39 is 15.8 Å². The normalized spacial score (nSPS) is 18.4. The second-order valence-corrected chi connectivity index (χ2v) is 8.32. The molecule has 2 aromatic carbocycles. The van der Waals surface area contributed by atoms with Gasteiger partial charge in [-0.05, 0) is 42.7 Å². The van der Waals surface area contributed by atoms with Gasteiger partial charge in [-0.25, -0.2) is 12.8 Å². The predicted octanol–water partition coefficient (Wildman–Crippen LogP) is 2.34. The lowest BCUT2D eigenvalue weighted by Crippen LogP contribution is -2.49. The van der Waals surface area contributed by atoms with Gasteiger partial charge in [0, 0.05) is 19.1 Å². The van der Waals surface area contributed by atoms with Gasteiger partial charge in [-0.1, -0.05) is 30.3 Å². The molecule has 1 N–H and O–H groups in total. The lowest BCUT2D eigenvalue weighted by molar-refractivity contribution is -0.121. The summed E-state index contributed by atoms with van der Waals surface area (Å²) < 4.78 is 39.8. The number of nitrogens with zero attached hydrogens (tertiary/aromatic N) is 1. The zero-order valence-electron chi connectivity index (χ0n) is 14.3. The summed E-state index contributed by atoms with van der Waals surface area (Å²) >= 11 is 0. The van der Waals surface area contributed by atoms with Crippen molar-refractivity contribution in [2.75, 3.05) is 13.1 Å². The van der Waals surface area contributed by atoms with Crippen LogP contribution in [0.5, 0.6) is 0 Å². The molecular weight excluding hydrogens is 355 g/mol. The molecule has 138 valence electrons. The molecular formula is C19H21FN2O3S. The van der Waals surface area contributed by atoms with Crippen LogP contribution in [-0.4, -0.2) is 37.8 Å². The number of halogens is 1. The van der Waals surface area contributed by atoms with E-state index in [2.05, 4.69) is 5.32 Å². The van der Waals surface area contributed by atoms with E-state index in [9.17, 15) is 17.6 Å². The maximum Gasteiger partial charge on any atom is 0.243 e.